The van der Waals surface area contributed by atoms with Gasteiger partial charge in [-0.05, 0) is 48.3 Å². The fourth-order valence-electron chi connectivity index (χ4n) is 5.48. The standard InChI is InChI=1S/C24H49B/c1-7-10-12-13-21(22(14-11-8-2)18(4)9-3)17-19(5)20(6)23-15-16-24(23)25/h18-24H,7-17,25H2,1-6H3. The maximum absolute atomic E-state index is 2.58. The third-order valence-corrected chi connectivity index (χ3v) is 7.98. The summed E-state index contributed by atoms with van der Waals surface area (Å²) in [5, 5.41) is 0. The van der Waals surface area contributed by atoms with Crippen molar-refractivity contribution in [2.45, 2.75) is 118 Å². The maximum Gasteiger partial charge on any atom is 0.105 e. The van der Waals surface area contributed by atoms with E-state index in [-0.39, 0.29) is 0 Å². The molecule has 0 bridgehead atoms. The predicted molar refractivity (Wildman–Crippen MR) is 118 cm³/mol. The second-order valence-electron chi connectivity index (χ2n) is 9.74. The molecule has 0 N–H and O–H groups in total. The third-order valence-electron chi connectivity index (χ3n) is 7.98. The summed E-state index contributed by atoms with van der Waals surface area (Å²) in [7, 11) is 2.49. The van der Waals surface area contributed by atoms with Crippen molar-refractivity contribution in [3.8, 4) is 0 Å². The minimum atomic E-state index is 0.906. The van der Waals surface area contributed by atoms with Crippen molar-refractivity contribution in [3.63, 3.8) is 0 Å². The van der Waals surface area contributed by atoms with Crippen molar-refractivity contribution >= 4 is 7.85 Å². The SMILES string of the molecule is BC1CCC1C(C)C(C)CC(CCCCC)C(CCCC)C(C)CC. The van der Waals surface area contributed by atoms with E-state index in [9.17, 15) is 0 Å². The van der Waals surface area contributed by atoms with Crippen molar-refractivity contribution in [1.29, 1.82) is 0 Å². The highest BCUT2D eigenvalue weighted by atomic mass is 14.4. The Hall–Kier alpha value is 0.0649. The number of rotatable bonds is 14. The summed E-state index contributed by atoms with van der Waals surface area (Å²) in [6.45, 7) is 14.8. The zero-order valence-electron chi connectivity index (χ0n) is 18.8. The van der Waals surface area contributed by atoms with Gasteiger partial charge >= 0.3 is 0 Å². The van der Waals surface area contributed by atoms with Crippen LogP contribution in [0.1, 0.15) is 112 Å². The summed E-state index contributed by atoms with van der Waals surface area (Å²) in [5.74, 6) is 6.69. The van der Waals surface area contributed by atoms with Crippen LogP contribution >= 0.6 is 0 Å². The minimum absolute atomic E-state index is 0.906. The summed E-state index contributed by atoms with van der Waals surface area (Å²) in [4.78, 5) is 0. The zero-order chi connectivity index (χ0) is 18.8. The van der Waals surface area contributed by atoms with Gasteiger partial charge in [-0.3, -0.25) is 0 Å². The summed E-state index contributed by atoms with van der Waals surface area (Å²) in [6.07, 6.45) is 15.8. The van der Waals surface area contributed by atoms with Gasteiger partial charge in [-0.15, -0.1) is 0 Å². The van der Waals surface area contributed by atoms with Crippen molar-refractivity contribution in [1.82, 2.24) is 0 Å². The molecular formula is C24H49B. The quantitative estimate of drug-likeness (QED) is 0.225. The van der Waals surface area contributed by atoms with Crippen LogP contribution in [0, 0.1) is 35.5 Å². The Morgan fingerprint density at radius 3 is 2.00 bits per heavy atom. The molecule has 0 radical (unpaired) electrons. The largest absolute Gasteiger partial charge is 0.105 e. The minimum Gasteiger partial charge on any atom is -0.0667 e. The first-order chi connectivity index (χ1) is 12.0. The van der Waals surface area contributed by atoms with E-state index in [1.807, 2.05) is 0 Å². The number of hydrogen-bond acceptors (Lipinski definition) is 0. The van der Waals surface area contributed by atoms with Gasteiger partial charge in [-0.25, -0.2) is 0 Å². The van der Waals surface area contributed by atoms with Gasteiger partial charge in [0, 0.05) is 0 Å². The fourth-order valence-corrected chi connectivity index (χ4v) is 5.48. The van der Waals surface area contributed by atoms with Gasteiger partial charge in [0.15, 0.2) is 0 Å². The van der Waals surface area contributed by atoms with Gasteiger partial charge in [0.1, 0.15) is 7.85 Å². The van der Waals surface area contributed by atoms with Gasteiger partial charge in [0.25, 0.3) is 0 Å². The van der Waals surface area contributed by atoms with E-state index in [4.69, 9.17) is 0 Å². The van der Waals surface area contributed by atoms with E-state index in [1.165, 1.54) is 70.6 Å². The summed E-state index contributed by atoms with van der Waals surface area (Å²) in [5.41, 5.74) is 0. The summed E-state index contributed by atoms with van der Waals surface area (Å²) in [6, 6.07) is 0. The third kappa shape index (κ3) is 7.30. The maximum atomic E-state index is 2.58. The molecule has 0 aromatic rings. The van der Waals surface area contributed by atoms with Gasteiger partial charge in [0.2, 0.25) is 0 Å². The normalized spacial score (nSPS) is 26.5. The van der Waals surface area contributed by atoms with E-state index in [0.29, 0.717) is 0 Å². The van der Waals surface area contributed by atoms with Crippen LogP contribution in [-0.2, 0) is 0 Å². The van der Waals surface area contributed by atoms with E-state index in [0.717, 1.165) is 41.3 Å². The van der Waals surface area contributed by atoms with Crippen molar-refractivity contribution in [3.05, 3.63) is 0 Å². The fraction of sp³-hybridized carbons (Fsp3) is 1.00. The Morgan fingerprint density at radius 1 is 0.840 bits per heavy atom. The molecule has 0 amide bonds. The highest BCUT2D eigenvalue weighted by Crippen LogP contribution is 2.47. The first-order valence-corrected chi connectivity index (χ1v) is 12.0. The van der Waals surface area contributed by atoms with Gasteiger partial charge in [-0.2, -0.15) is 0 Å². The summed E-state index contributed by atoms with van der Waals surface area (Å²) < 4.78 is 0. The molecule has 148 valence electrons. The molecule has 1 heteroatoms. The Balaban J connectivity index is 2.73. The molecule has 1 aliphatic carbocycles. The molecule has 25 heavy (non-hydrogen) atoms. The topological polar surface area (TPSA) is 0 Å². The first kappa shape index (κ1) is 23.1. The second-order valence-corrected chi connectivity index (χ2v) is 9.74. The van der Waals surface area contributed by atoms with Crippen LogP contribution in [0.4, 0.5) is 0 Å². The molecular weight excluding hydrogens is 299 g/mol. The molecule has 1 rings (SSSR count). The Bertz CT molecular complexity index is 326. The van der Waals surface area contributed by atoms with E-state index < -0.39 is 0 Å². The number of unbranched alkanes of at least 4 members (excludes halogenated alkanes) is 3. The lowest BCUT2D eigenvalue weighted by Crippen LogP contribution is -2.33. The Labute approximate surface area is 161 Å². The van der Waals surface area contributed by atoms with Crippen LogP contribution in [0.3, 0.4) is 0 Å². The van der Waals surface area contributed by atoms with Crippen molar-refractivity contribution < 1.29 is 0 Å². The smallest absolute Gasteiger partial charge is 0.0667 e. The molecule has 7 unspecified atom stereocenters. The molecule has 0 saturated heterocycles. The summed E-state index contributed by atoms with van der Waals surface area (Å²) >= 11 is 0. The van der Waals surface area contributed by atoms with E-state index in [1.54, 1.807) is 0 Å². The molecule has 0 aliphatic heterocycles. The highest BCUT2D eigenvalue weighted by molar-refractivity contribution is 6.12. The molecule has 1 saturated carbocycles. The molecule has 0 aromatic heterocycles. The molecule has 1 fully saturated rings. The van der Waals surface area contributed by atoms with Gasteiger partial charge in [-0.1, -0.05) is 105 Å². The first-order valence-electron chi connectivity index (χ1n) is 12.0. The lowest BCUT2D eigenvalue weighted by Gasteiger charge is -2.43. The predicted octanol–water partition coefficient (Wildman–Crippen LogP) is 7.53. The average Bonchev–Trinajstić information content (AvgIpc) is 2.59. The van der Waals surface area contributed by atoms with Crippen LogP contribution in [0.25, 0.3) is 0 Å². The molecule has 0 aromatic carbocycles. The molecule has 0 nitrogen and oxygen atoms in total. The van der Waals surface area contributed by atoms with E-state index >= 15 is 0 Å². The molecule has 1 aliphatic rings. The van der Waals surface area contributed by atoms with Crippen LogP contribution in [0.2, 0.25) is 5.82 Å². The number of hydrogen-bond donors (Lipinski definition) is 0. The molecule has 7 atom stereocenters. The highest BCUT2D eigenvalue weighted by Gasteiger charge is 2.35. The van der Waals surface area contributed by atoms with Crippen LogP contribution < -0.4 is 0 Å². The lowest BCUT2D eigenvalue weighted by atomic mass is 9.56. The Kier molecular flexibility index (Phi) is 11.5. The Morgan fingerprint density at radius 2 is 1.52 bits per heavy atom. The van der Waals surface area contributed by atoms with Gasteiger partial charge in [0.05, 0.1) is 0 Å². The lowest BCUT2D eigenvalue weighted by molar-refractivity contribution is 0.115. The van der Waals surface area contributed by atoms with Crippen LogP contribution in [0.5, 0.6) is 0 Å². The zero-order valence-corrected chi connectivity index (χ0v) is 18.8. The van der Waals surface area contributed by atoms with E-state index in [2.05, 4.69) is 49.4 Å². The van der Waals surface area contributed by atoms with Crippen LogP contribution in [0.15, 0.2) is 0 Å². The molecule has 0 spiro atoms. The second kappa shape index (κ2) is 12.5. The van der Waals surface area contributed by atoms with Crippen molar-refractivity contribution in [2.24, 2.45) is 35.5 Å². The van der Waals surface area contributed by atoms with Crippen LogP contribution in [-0.4, -0.2) is 7.85 Å². The van der Waals surface area contributed by atoms with Gasteiger partial charge < -0.3 is 0 Å². The average molecular weight is 348 g/mol. The molecule has 0 heterocycles. The monoisotopic (exact) mass is 348 g/mol. The van der Waals surface area contributed by atoms with Crippen molar-refractivity contribution in [2.75, 3.05) is 0 Å².